The Hall–Kier alpha value is -1.26. The Morgan fingerprint density at radius 1 is 1.42 bits per heavy atom. The molecule has 19 heavy (non-hydrogen) atoms. The molecule has 0 spiro atoms. The molecule has 0 fully saturated rings. The molecule has 1 amide bonds. The molecule has 106 valence electrons. The predicted octanol–water partition coefficient (Wildman–Crippen LogP) is 2.65. The van der Waals surface area contributed by atoms with E-state index in [0.29, 0.717) is 30.5 Å². The van der Waals surface area contributed by atoms with Crippen LogP contribution in [0, 0.1) is 0 Å². The smallest absolute Gasteiger partial charge is 0.260 e. The zero-order chi connectivity index (χ0) is 14.1. The van der Waals surface area contributed by atoms with E-state index in [1.165, 1.54) is 0 Å². The van der Waals surface area contributed by atoms with Crippen molar-refractivity contribution in [3.05, 3.63) is 29.3 Å². The van der Waals surface area contributed by atoms with Crippen molar-refractivity contribution in [2.75, 3.05) is 19.8 Å². The lowest BCUT2D eigenvalue weighted by atomic mass is 10.3. The second kappa shape index (κ2) is 8.77. The third-order valence-electron chi connectivity index (χ3n) is 2.48. The lowest BCUT2D eigenvalue weighted by molar-refractivity contribution is -0.127. The van der Waals surface area contributed by atoms with Crippen LogP contribution in [-0.2, 0) is 9.53 Å². The highest BCUT2D eigenvalue weighted by Crippen LogP contribution is 2.24. The zero-order valence-corrected chi connectivity index (χ0v) is 12.1. The maximum Gasteiger partial charge on any atom is 0.260 e. The Labute approximate surface area is 119 Å². The van der Waals surface area contributed by atoms with E-state index in [1.807, 2.05) is 19.1 Å². The molecule has 0 aliphatic heterocycles. The van der Waals surface area contributed by atoms with E-state index >= 15 is 0 Å². The number of para-hydroxylation sites is 1. The van der Waals surface area contributed by atoms with Gasteiger partial charge in [-0.15, -0.1) is 0 Å². The number of amides is 1. The number of halogens is 1. The molecule has 0 saturated heterocycles. The van der Waals surface area contributed by atoms with Crippen molar-refractivity contribution in [3.8, 4) is 5.75 Å². The molecule has 1 aromatic carbocycles. The van der Waals surface area contributed by atoms with Gasteiger partial charge in [-0.25, -0.2) is 0 Å². The SMILES string of the molecule is CCOCCCNC(=O)[C@H](C)Oc1ccccc1Cl. The number of hydrogen-bond donors (Lipinski definition) is 1. The number of carbonyl (C=O) groups excluding carboxylic acids is 1. The van der Waals surface area contributed by atoms with Gasteiger partial charge in [0, 0.05) is 19.8 Å². The number of benzene rings is 1. The summed E-state index contributed by atoms with van der Waals surface area (Å²) in [7, 11) is 0. The molecule has 0 radical (unpaired) electrons. The van der Waals surface area contributed by atoms with Crippen LogP contribution in [0.3, 0.4) is 0 Å². The predicted molar refractivity (Wildman–Crippen MR) is 75.7 cm³/mol. The van der Waals surface area contributed by atoms with Crippen LogP contribution in [0.5, 0.6) is 5.75 Å². The topological polar surface area (TPSA) is 47.6 Å². The molecule has 0 unspecified atom stereocenters. The Morgan fingerprint density at radius 3 is 2.84 bits per heavy atom. The van der Waals surface area contributed by atoms with Crippen LogP contribution in [0.1, 0.15) is 20.3 Å². The lowest BCUT2D eigenvalue weighted by Crippen LogP contribution is -2.37. The number of nitrogens with one attached hydrogen (secondary N) is 1. The van der Waals surface area contributed by atoms with E-state index < -0.39 is 6.10 Å². The molecule has 1 N–H and O–H groups in total. The van der Waals surface area contributed by atoms with Crippen molar-refractivity contribution in [2.24, 2.45) is 0 Å². The van der Waals surface area contributed by atoms with Gasteiger partial charge in [-0.3, -0.25) is 4.79 Å². The first-order valence-electron chi connectivity index (χ1n) is 6.41. The first-order valence-corrected chi connectivity index (χ1v) is 6.79. The van der Waals surface area contributed by atoms with Gasteiger partial charge >= 0.3 is 0 Å². The van der Waals surface area contributed by atoms with Gasteiger partial charge in [-0.05, 0) is 32.4 Å². The maximum absolute atomic E-state index is 11.8. The third-order valence-corrected chi connectivity index (χ3v) is 2.79. The monoisotopic (exact) mass is 285 g/mol. The summed E-state index contributed by atoms with van der Waals surface area (Å²) in [5.41, 5.74) is 0. The molecule has 1 rings (SSSR count). The molecule has 1 atom stereocenters. The van der Waals surface area contributed by atoms with Gasteiger partial charge in [0.05, 0.1) is 5.02 Å². The van der Waals surface area contributed by atoms with E-state index in [4.69, 9.17) is 21.1 Å². The fraction of sp³-hybridized carbons (Fsp3) is 0.500. The van der Waals surface area contributed by atoms with Gasteiger partial charge in [0.15, 0.2) is 6.10 Å². The van der Waals surface area contributed by atoms with Gasteiger partial charge < -0.3 is 14.8 Å². The van der Waals surface area contributed by atoms with Gasteiger partial charge in [0.2, 0.25) is 0 Å². The molecule has 0 aliphatic carbocycles. The average Bonchev–Trinajstić information content (AvgIpc) is 2.41. The summed E-state index contributed by atoms with van der Waals surface area (Å²) < 4.78 is 10.7. The van der Waals surface area contributed by atoms with E-state index in [1.54, 1.807) is 19.1 Å². The fourth-order valence-corrected chi connectivity index (χ4v) is 1.64. The maximum atomic E-state index is 11.8. The summed E-state index contributed by atoms with van der Waals surface area (Å²) >= 11 is 5.96. The summed E-state index contributed by atoms with van der Waals surface area (Å²) in [5, 5.41) is 3.29. The second-order valence-corrected chi connectivity index (χ2v) is 4.44. The van der Waals surface area contributed by atoms with Crippen LogP contribution in [-0.4, -0.2) is 31.8 Å². The van der Waals surface area contributed by atoms with E-state index in [9.17, 15) is 4.79 Å². The minimum absolute atomic E-state index is 0.156. The van der Waals surface area contributed by atoms with Crippen LogP contribution < -0.4 is 10.1 Å². The van der Waals surface area contributed by atoms with Crippen molar-refractivity contribution in [1.29, 1.82) is 0 Å². The van der Waals surface area contributed by atoms with E-state index in [-0.39, 0.29) is 5.91 Å². The molecule has 0 aliphatic rings. The minimum Gasteiger partial charge on any atom is -0.479 e. The van der Waals surface area contributed by atoms with Crippen LogP contribution >= 0.6 is 11.6 Å². The average molecular weight is 286 g/mol. The Balaban J connectivity index is 2.31. The van der Waals surface area contributed by atoms with Gasteiger partial charge in [-0.1, -0.05) is 23.7 Å². The molecule has 5 heteroatoms. The third kappa shape index (κ3) is 5.94. The number of ether oxygens (including phenoxy) is 2. The number of hydrogen-bond acceptors (Lipinski definition) is 3. The fourth-order valence-electron chi connectivity index (χ4n) is 1.46. The Bertz CT molecular complexity index is 398. The van der Waals surface area contributed by atoms with Crippen molar-refractivity contribution < 1.29 is 14.3 Å². The zero-order valence-electron chi connectivity index (χ0n) is 11.3. The first-order chi connectivity index (χ1) is 9.15. The highest BCUT2D eigenvalue weighted by molar-refractivity contribution is 6.32. The van der Waals surface area contributed by atoms with E-state index in [2.05, 4.69) is 5.32 Å². The van der Waals surface area contributed by atoms with Gasteiger partial charge in [0.1, 0.15) is 5.75 Å². The summed E-state index contributed by atoms with van der Waals surface area (Å²) in [5.74, 6) is 0.359. The van der Waals surface area contributed by atoms with Crippen molar-refractivity contribution in [2.45, 2.75) is 26.4 Å². The van der Waals surface area contributed by atoms with Gasteiger partial charge in [-0.2, -0.15) is 0 Å². The van der Waals surface area contributed by atoms with Crippen LogP contribution in [0.25, 0.3) is 0 Å². The summed E-state index contributed by atoms with van der Waals surface area (Å²) in [6.45, 7) is 5.56. The van der Waals surface area contributed by atoms with Crippen LogP contribution in [0.15, 0.2) is 24.3 Å². The second-order valence-electron chi connectivity index (χ2n) is 4.03. The Morgan fingerprint density at radius 2 is 2.16 bits per heavy atom. The largest absolute Gasteiger partial charge is 0.479 e. The van der Waals surface area contributed by atoms with Crippen LogP contribution in [0.4, 0.5) is 0 Å². The standard InChI is InChI=1S/C14H20ClNO3/c1-3-18-10-6-9-16-14(17)11(2)19-13-8-5-4-7-12(13)15/h4-5,7-8,11H,3,6,9-10H2,1-2H3,(H,16,17)/t11-/m0/s1. The highest BCUT2D eigenvalue weighted by Gasteiger charge is 2.15. The molecule has 1 aromatic rings. The summed E-state index contributed by atoms with van der Waals surface area (Å²) in [4.78, 5) is 11.8. The van der Waals surface area contributed by atoms with Crippen molar-refractivity contribution in [1.82, 2.24) is 5.32 Å². The van der Waals surface area contributed by atoms with Gasteiger partial charge in [0.25, 0.3) is 5.91 Å². The van der Waals surface area contributed by atoms with Crippen molar-refractivity contribution in [3.63, 3.8) is 0 Å². The van der Waals surface area contributed by atoms with Crippen LogP contribution in [0.2, 0.25) is 5.02 Å². The first kappa shape index (κ1) is 15.8. The summed E-state index contributed by atoms with van der Waals surface area (Å²) in [6, 6.07) is 7.09. The summed E-state index contributed by atoms with van der Waals surface area (Å²) in [6.07, 6.45) is 0.213. The van der Waals surface area contributed by atoms with Crippen molar-refractivity contribution >= 4 is 17.5 Å². The molecule has 4 nitrogen and oxygen atoms in total. The minimum atomic E-state index is -0.577. The molecule has 0 aromatic heterocycles. The number of carbonyl (C=O) groups is 1. The Kier molecular flexibility index (Phi) is 7.30. The highest BCUT2D eigenvalue weighted by atomic mass is 35.5. The molecule has 0 saturated carbocycles. The molecular weight excluding hydrogens is 266 g/mol. The normalized spacial score (nSPS) is 11.9. The number of rotatable bonds is 8. The molecular formula is C14H20ClNO3. The quantitative estimate of drug-likeness (QED) is 0.747. The molecule has 0 bridgehead atoms. The molecule has 0 heterocycles. The van der Waals surface area contributed by atoms with E-state index in [0.717, 1.165) is 6.42 Å². The lowest BCUT2D eigenvalue weighted by Gasteiger charge is -2.15.